The van der Waals surface area contributed by atoms with Gasteiger partial charge in [0.15, 0.2) is 0 Å². The van der Waals surface area contributed by atoms with Gasteiger partial charge >= 0.3 is 0 Å². The van der Waals surface area contributed by atoms with Crippen LogP contribution in [0.5, 0.6) is 5.75 Å². The number of nitrogens with zero attached hydrogens (tertiary/aromatic N) is 2. The molecule has 1 heterocycles. The van der Waals surface area contributed by atoms with Gasteiger partial charge in [0.25, 0.3) is 0 Å². The largest absolute Gasteiger partial charge is 0.494 e. The second-order valence-electron chi connectivity index (χ2n) is 5.08. The van der Waals surface area contributed by atoms with Crippen LogP contribution in [0.2, 0.25) is 0 Å². The molecule has 21 heavy (non-hydrogen) atoms. The van der Waals surface area contributed by atoms with Crippen molar-refractivity contribution in [2.24, 2.45) is 0 Å². The minimum absolute atomic E-state index is 0. The van der Waals surface area contributed by atoms with Crippen molar-refractivity contribution in [3.8, 4) is 17.0 Å². The highest BCUT2D eigenvalue weighted by Gasteiger charge is 2.02. The second-order valence-corrected chi connectivity index (χ2v) is 5.08. The van der Waals surface area contributed by atoms with Crippen molar-refractivity contribution in [3.63, 3.8) is 0 Å². The van der Waals surface area contributed by atoms with Gasteiger partial charge in [-0.05, 0) is 37.1 Å². The highest BCUT2D eigenvalue weighted by Crippen LogP contribution is 2.21. The molecule has 0 saturated heterocycles. The second kappa shape index (κ2) is 9.46. The van der Waals surface area contributed by atoms with Crippen LogP contribution in [0.3, 0.4) is 0 Å². The van der Waals surface area contributed by atoms with Crippen LogP contribution in [0.25, 0.3) is 11.3 Å². The van der Waals surface area contributed by atoms with Crippen molar-refractivity contribution >= 4 is 12.4 Å². The molecule has 0 atom stereocenters. The fourth-order valence-corrected chi connectivity index (χ4v) is 2.03. The van der Waals surface area contributed by atoms with Gasteiger partial charge in [0.05, 0.1) is 18.6 Å². The average molecular weight is 309 g/mol. The van der Waals surface area contributed by atoms with Gasteiger partial charge in [-0.2, -0.15) is 0 Å². The van der Waals surface area contributed by atoms with Crippen molar-refractivity contribution in [1.29, 1.82) is 0 Å². The number of ether oxygens (including phenoxy) is 1. The van der Waals surface area contributed by atoms with Crippen LogP contribution in [0.4, 0.5) is 0 Å². The predicted octanol–water partition coefficient (Wildman–Crippen LogP) is 4.95. The van der Waals surface area contributed by atoms with Crippen LogP contribution in [-0.2, 0) is 6.54 Å². The van der Waals surface area contributed by atoms with Gasteiger partial charge in [-0.15, -0.1) is 12.4 Å². The summed E-state index contributed by atoms with van der Waals surface area (Å²) in [4.78, 5) is 4.47. The third-order valence-corrected chi connectivity index (χ3v) is 3.32. The summed E-state index contributed by atoms with van der Waals surface area (Å²) in [7, 11) is 0. The zero-order valence-electron chi connectivity index (χ0n) is 12.9. The first-order chi connectivity index (χ1) is 9.83. The molecule has 0 aliphatic rings. The Kier molecular flexibility index (Phi) is 7.91. The van der Waals surface area contributed by atoms with Gasteiger partial charge in [0.1, 0.15) is 5.75 Å². The highest BCUT2D eigenvalue weighted by molar-refractivity contribution is 5.85. The molecule has 0 bridgehead atoms. The van der Waals surface area contributed by atoms with E-state index in [9.17, 15) is 0 Å². The molecule has 116 valence electrons. The molecule has 0 aliphatic heterocycles. The van der Waals surface area contributed by atoms with Crippen LogP contribution in [-0.4, -0.2) is 16.2 Å². The van der Waals surface area contributed by atoms with Crippen LogP contribution >= 0.6 is 12.4 Å². The monoisotopic (exact) mass is 308 g/mol. The molecule has 4 heteroatoms. The van der Waals surface area contributed by atoms with Crippen LogP contribution in [0, 0.1) is 0 Å². The molecular formula is C17H25ClN2O. The number of rotatable bonds is 8. The number of aromatic nitrogens is 2. The summed E-state index contributed by atoms with van der Waals surface area (Å²) < 4.78 is 7.83. The Labute approximate surface area is 133 Å². The van der Waals surface area contributed by atoms with E-state index in [1.807, 2.05) is 18.5 Å². The SMILES string of the molecule is CCCCOc1ccc(-c2cn(CCCC)cn2)cc1.Cl. The first-order valence-corrected chi connectivity index (χ1v) is 7.58. The van der Waals surface area contributed by atoms with Gasteiger partial charge in [-0.3, -0.25) is 0 Å². The maximum absolute atomic E-state index is 5.67. The molecule has 0 unspecified atom stereocenters. The van der Waals surface area contributed by atoms with E-state index in [0.717, 1.165) is 43.0 Å². The molecule has 1 aromatic heterocycles. The van der Waals surface area contributed by atoms with E-state index in [-0.39, 0.29) is 12.4 Å². The van der Waals surface area contributed by atoms with Crippen molar-refractivity contribution in [3.05, 3.63) is 36.8 Å². The molecule has 2 aromatic rings. The Hall–Kier alpha value is -1.48. The fourth-order valence-electron chi connectivity index (χ4n) is 2.03. The van der Waals surface area contributed by atoms with Crippen LogP contribution in [0.1, 0.15) is 39.5 Å². The molecule has 2 rings (SSSR count). The molecule has 0 saturated carbocycles. The quantitative estimate of drug-likeness (QED) is 0.645. The Morgan fingerprint density at radius 1 is 1.05 bits per heavy atom. The maximum atomic E-state index is 5.67. The lowest BCUT2D eigenvalue weighted by Crippen LogP contribution is -1.95. The van der Waals surface area contributed by atoms with Crippen LogP contribution in [0.15, 0.2) is 36.8 Å². The number of benzene rings is 1. The highest BCUT2D eigenvalue weighted by atomic mass is 35.5. The van der Waals surface area contributed by atoms with E-state index >= 15 is 0 Å². The summed E-state index contributed by atoms with van der Waals surface area (Å²) >= 11 is 0. The van der Waals surface area contributed by atoms with Gasteiger partial charge in [-0.1, -0.05) is 26.7 Å². The third-order valence-electron chi connectivity index (χ3n) is 3.32. The molecule has 0 amide bonds. The lowest BCUT2D eigenvalue weighted by molar-refractivity contribution is 0.309. The molecular weight excluding hydrogens is 284 g/mol. The molecule has 0 spiro atoms. The molecule has 3 nitrogen and oxygen atoms in total. The minimum atomic E-state index is 0. The van der Waals surface area contributed by atoms with Crippen molar-refractivity contribution in [2.75, 3.05) is 6.61 Å². The smallest absolute Gasteiger partial charge is 0.119 e. The van der Waals surface area contributed by atoms with Gasteiger partial charge in [0, 0.05) is 18.3 Å². The minimum Gasteiger partial charge on any atom is -0.494 e. The zero-order chi connectivity index (χ0) is 14.2. The number of hydrogen-bond acceptors (Lipinski definition) is 2. The summed E-state index contributed by atoms with van der Waals surface area (Å²) in [6, 6.07) is 8.20. The standard InChI is InChI=1S/C17H24N2O.ClH/c1-3-5-11-19-13-17(18-14-19)15-7-9-16(10-8-15)20-12-6-4-2;/h7-10,13-14H,3-6,11-12H2,1-2H3;1H. The van der Waals surface area contributed by atoms with E-state index in [2.05, 4.69) is 41.7 Å². The van der Waals surface area contributed by atoms with Crippen molar-refractivity contribution in [1.82, 2.24) is 9.55 Å². The topological polar surface area (TPSA) is 27.1 Å². The fraction of sp³-hybridized carbons (Fsp3) is 0.471. The van der Waals surface area contributed by atoms with E-state index in [0.29, 0.717) is 0 Å². The Morgan fingerprint density at radius 2 is 1.76 bits per heavy atom. The Bertz CT molecular complexity index is 508. The number of aryl methyl sites for hydroxylation is 1. The Morgan fingerprint density at radius 3 is 2.43 bits per heavy atom. The lowest BCUT2D eigenvalue weighted by Gasteiger charge is -2.05. The number of unbranched alkanes of at least 4 members (excludes halogenated alkanes) is 2. The normalized spacial score (nSPS) is 10.2. The Balaban J connectivity index is 0.00000220. The van der Waals surface area contributed by atoms with Crippen molar-refractivity contribution in [2.45, 2.75) is 46.1 Å². The van der Waals surface area contributed by atoms with Gasteiger partial charge in [0.2, 0.25) is 0 Å². The summed E-state index contributed by atoms with van der Waals surface area (Å²) in [5.41, 5.74) is 2.17. The number of hydrogen-bond donors (Lipinski definition) is 0. The summed E-state index contributed by atoms with van der Waals surface area (Å²) in [5, 5.41) is 0. The summed E-state index contributed by atoms with van der Waals surface area (Å²) in [6.45, 7) is 6.21. The third kappa shape index (κ3) is 5.43. The van der Waals surface area contributed by atoms with E-state index in [1.165, 1.54) is 12.8 Å². The first kappa shape index (κ1) is 17.6. The van der Waals surface area contributed by atoms with Crippen LogP contribution < -0.4 is 4.74 Å². The number of imidazole rings is 1. The van der Waals surface area contributed by atoms with Crippen molar-refractivity contribution < 1.29 is 4.74 Å². The molecule has 0 radical (unpaired) electrons. The summed E-state index contributed by atoms with van der Waals surface area (Å²) in [5.74, 6) is 0.938. The molecule has 1 aromatic carbocycles. The van der Waals surface area contributed by atoms with E-state index in [1.54, 1.807) is 0 Å². The van der Waals surface area contributed by atoms with Gasteiger partial charge in [-0.25, -0.2) is 4.98 Å². The molecule has 0 N–H and O–H groups in total. The van der Waals surface area contributed by atoms with E-state index in [4.69, 9.17) is 4.74 Å². The zero-order valence-corrected chi connectivity index (χ0v) is 13.7. The molecule has 0 aliphatic carbocycles. The first-order valence-electron chi connectivity index (χ1n) is 7.58. The predicted molar refractivity (Wildman–Crippen MR) is 90.2 cm³/mol. The van der Waals surface area contributed by atoms with E-state index < -0.39 is 0 Å². The maximum Gasteiger partial charge on any atom is 0.119 e. The lowest BCUT2D eigenvalue weighted by atomic mass is 10.1. The number of halogens is 1. The summed E-state index contributed by atoms with van der Waals surface area (Å²) in [6.07, 6.45) is 8.69. The van der Waals surface area contributed by atoms with Gasteiger partial charge < -0.3 is 9.30 Å². The average Bonchev–Trinajstić information content (AvgIpc) is 2.95. The molecule has 0 fully saturated rings.